The Bertz CT molecular complexity index is 928. The van der Waals surface area contributed by atoms with Crippen molar-refractivity contribution in [3.63, 3.8) is 0 Å². The van der Waals surface area contributed by atoms with Crippen molar-refractivity contribution in [2.24, 2.45) is 0 Å². The number of fused-ring (bicyclic) bond motifs is 1. The highest BCUT2D eigenvalue weighted by Crippen LogP contribution is 2.26. The van der Waals surface area contributed by atoms with Gasteiger partial charge in [0.15, 0.2) is 0 Å². The first-order chi connectivity index (χ1) is 12.1. The number of hydrogen-bond acceptors (Lipinski definition) is 3. The monoisotopic (exact) mass is 354 g/mol. The molecular formula is C19H19ClN4O. The summed E-state index contributed by atoms with van der Waals surface area (Å²) in [6.07, 6.45) is 3.73. The molecule has 1 aliphatic heterocycles. The Morgan fingerprint density at radius 3 is 2.56 bits per heavy atom. The Morgan fingerprint density at radius 2 is 1.84 bits per heavy atom. The molecule has 3 heterocycles. The molecule has 3 aromatic rings. The summed E-state index contributed by atoms with van der Waals surface area (Å²) >= 11 is 6.28. The summed E-state index contributed by atoms with van der Waals surface area (Å²) in [4.78, 5) is 21.4. The van der Waals surface area contributed by atoms with Crippen molar-refractivity contribution in [2.75, 3.05) is 31.1 Å². The van der Waals surface area contributed by atoms with Gasteiger partial charge in [0, 0.05) is 38.6 Å². The Labute approximate surface area is 151 Å². The molecule has 0 unspecified atom stereocenters. The summed E-state index contributed by atoms with van der Waals surface area (Å²) in [5.41, 5.74) is 3.42. The summed E-state index contributed by atoms with van der Waals surface area (Å²) in [5.74, 6) is -0.0121. The molecule has 128 valence electrons. The molecule has 0 atom stereocenters. The van der Waals surface area contributed by atoms with Gasteiger partial charge in [-0.2, -0.15) is 0 Å². The Balaban J connectivity index is 1.49. The van der Waals surface area contributed by atoms with E-state index < -0.39 is 0 Å². The van der Waals surface area contributed by atoms with E-state index >= 15 is 0 Å². The van der Waals surface area contributed by atoms with Gasteiger partial charge >= 0.3 is 0 Å². The molecule has 0 saturated carbocycles. The number of para-hydroxylation sites is 1. The second-order valence-electron chi connectivity index (χ2n) is 6.28. The maximum Gasteiger partial charge on any atom is 0.274 e. The average molecular weight is 355 g/mol. The summed E-state index contributed by atoms with van der Waals surface area (Å²) < 4.78 is 1.91. The lowest BCUT2D eigenvalue weighted by Gasteiger charge is -2.36. The predicted octanol–water partition coefficient (Wildman–Crippen LogP) is 3.26. The zero-order chi connectivity index (χ0) is 17.4. The number of aryl methyl sites for hydroxylation is 1. The van der Waals surface area contributed by atoms with Crippen LogP contribution in [0, 0.1) is 6.92 Å². The highest BCUT2D eigenvalue weighted by Gasteiger charge is 2.24. The summed E-state index contributed by atoms with van der Waals surface area (Å²) in [6, 6.07) is 11.8. The van der Waals surface area contributed by atoms with Crippen LogP contribution < -0.4 is 4.90 Å². The van der Waals surface area contributed by atoms with Crippen molar-refractivity contribution in [3.05, 3.63) is 65.1 Å². The van der Waals surface area contributed by atoms with Crippen molar-refractivity contribution in [3.8, 4) is 0 Å². The zero-order valence-electron chi connectivity index (χ0n) is 14.0. The van der Waals surface area contributed by atoms with Gasteiger partial charge in [0.1, 0.15) is 11.3 Å². The molecule has 1 saturated heterocycles. The second-order valence-corrected chi connectivity index (χ2v) is 6.69. The minimum atomic E-state index is -0.0121. The van der Waals surface area contributed by atoms with Crippen molar-refractivity contribution in [1.82, 2.24) is 14.3 Å². The number of rotatable bonds is 2. The molecule has 1 aromatic carbocycles. The van der Waals surface area contributed by atoms with Gasteiger partial charge in [-0.1, -0.05) is 29.8 Å². The molecule has 25 heavy (non-hydrogen) atoms. The Morgan fingerprint density at radius 1 is 1.08 bits per heavy atom. The summed E-state index contributed by atoms with van der Waals surface area (Å²) in [5, 5.41) is 0.748. The van der Waals surface area contributed by atoms with Crippen LogP contribution in [0.5, 0.6) is 0 Å². The van der Waals surface area contributed by atoms with Gasteiger partial charge in [-0.05, 0) is 30.7 Å². The molecule has 6 heteroatoms. The standard InChI is InChI=1S/C19H19ClN4O/c1-14-5-4-8-24-13-16(21-18(14)24)19(25)23-11-9-22(10-12-23)17-7-3-2-6-15(17)20/h2-8,13H,9-12H2,1H3. The largest absolute Gasteiger partial charge is 0.367 e. The number of pyridine rings is 1. The molecule has 1 aliphatic rings. The number of amides is 1. The van der Waals surface area contributed by atoms with Gasteiger partial charge < -0.3 is 14.2 Å². The molecule has 5 nitrogen and oxygen atoms in total. The van der Waals surface area contributed by atoms with Gasteiger partial charge in [-0.3, -0.25) is 4.79 Å². The van der Waals surface area contributed by atoms with Crippen LogP contribution in [0.4, 0.5) is 5.69 Å². The Kier molecular flexibility index (Phi) is 4.09. The van der Waals surface area contributed by atoms with Crippen molar-refractivity contribution in [2.45, 2.75) is 6.92 Å². The second kappa shape index (κ2) is 6.41. The van der Waals surface area contributed by atoms with Crippen molar-refractivity contribution < 1.29 is 4.79 Å². The number of carbonyl (C=O) groups is 1. The van der Waals surface area contributed by atoms with E-state index in [1.165, 1.54) is 0 Å². The first-order valence-electron chi connectivity index (χ1n) is 8.36. The lowest BCUT2D eigenvalue weighted by atomic mass is 10.2. The number of imidazole rings is 1. The van der Waals surface area contributed by atoms with Crippen LogP contribution in [-0.2, 0) is 0 Å². The SMILES string of the molecule is Cc1cccn2cc(C(=O)N3CCN(c4ccccc4Cl)CC3)nc12. The zero-order valence-corrected chi connectivity index (χ0v) is 14.8. The molecule has 2 aromatic heterocycles. The van der Waals surface area contributed by atoms with E-state index in [2.05, 4.69) is 9.88 Å². The molecule has 1 fully saturated rings. The third-order valence-corrected chi connectivity index (χ3v) is 4.98. The van der Waals surface area contributed by atoms with Gasteiger partial charge in [0.25, 0.3) is 5.91 Å². The number of anilines is 1. The summed E-state index contributed by atoms with van der Waals surface area (Å²) in [6.45, 7) is 4.86. The minimum Gasteiger partial charge on any atom is -0.367 e. The maximum absolute atomic E-state index is 12.8. The van der Waals surface area contributed by atoms with Crippen LogP contribution in [0.15, 0.2) is 48.8 Å². The maximum atomic E-state index is 12.8. The van der Waals surface area contributed by atoms with E-state index in [1.54, 1.807) is 0 Å². The predicted molar refractivity (Wildman–Crippen MR) is 99.5 cm³/mol. The van der Waals surface area contributed by atoms with E-state index in [9.17, 15) is 4.79 Å². The lowest BCUT2D eigenvalue weighted by Crippen LogP contribution is -2.49. The van der Waals surface area contributed by atoms with Gasteiger partial charge in [-0.25, -0.2) is 4.98 Å². The molecule has 0 aliphatic carbocycles. The average Bonchev–Trinajstić information content (AvgIpc) is 3.07. The van der Waals surface area contributed by atoms with Crippen LogP contribution in [0.1, 0.15) is 16.1 Å². The van der Waals surface area contributed by atoms with E-state index in [0.717, 1.165) is 35.0 Å². The molecule has 0 bridgehead atoms. The van der Waals surface area contributed by atoms with Crippen LogP contribution in [0.2, 0.25) is 5.02 Å². The fraction of sp³-hybridized carbons (Fsp3) is 0.263. The fourth-order valence-corrected chi connectivity index (χ4v) is 3.53. The van der Waals surface area contributed by atoms with E-state index in [4.69, 9.17) is 11.6 Å². The van der Waals surface area contributed by atoms with Crippen LogP contribution in [-0.4, -0.2) is 46.4 Å². The van der Waals surface area contributed by atoms with Crippen LogP contribution >= 0.6 is 11.6 Å². The highest BCUT2D eigenvalue weighted by molar-refractivity contribution is 6.33. The van der Waals surface area contributed by atoms with Gasteiger partial charge in [0.05, 0.1) is 10.7 Å². The number of halogens is 1. The normalized spacial score (nSPS) is 15.0. The molecule has 0 N–H and O–H groups in total. The molecule has 1 amide bonds. The van der Waals surface area contributed by atoms with Gasteiger partial charge in [-0.15, -0.1) is 0 Å². The highest BCUT2D eigenvalue weighted by atomic mass is 35.5. The van der Waals surface area contributed by atoms with E-state index in [-0.39, 0.29) is 5.91 Å². The molecule has 0 radical (unpaired) electrons. The smallest absolute Gasteiger partial charge is 0.274 e. The molecule has 4 rings (SSSR count). The van der Waals surface area contributed by atoms with Crippen molar-refractivity contribution in [1.29, 1.82) is 0 Å². The number of hydrogen-bond donors (Lipinski definition) is 0. The van der Waals surface area contributed by atoms with E-state index in [1.807, 2.05) is 65.0 Å². The number of nitrogens with zero attached hydrogens (tertiary/aromatic N) is 4. The minimum absolute atomic E-state index is 0.0121. The lowest BCUT2D eigenvalue weighted by molar-refractivity contribution is 0.0741. The number of piperazine rings is 1. The Hall–Kier alpha value is -2.53. The quantitative estimate of drug-likeness (QED) is 0.709. The first-order valence-corrected chi connectivity index (χ1v) is 8.74. The number of aromatic nitrogens is 2. The fourth-order valence-electron chi connectivity index (χ4n) is 3.28. The number of carbonyl (C=O) groups excluding carboxylic acids is 1. The van der Waals surface area contributed by atoms with Gasteiger partial charge in [0.2, 0.25) is 0 Å². The summed E-state index contributed by atoms with van der Waals surface area (Å²) in [7, 11) is 0. The van der Waals surface area contributed by atoms with Crippen LogP contribution in [0.25, 0.3) is 5.65 Å². The molecule has 0 spiro atoms. The molecular weight excluding hydrogens is 336 g/mol. The third kappa shape index (κ3) is 2.96. The third-order valence-electron chi connectivity index (χ3n) is 4.66. The van der Waals surface area contributed by atoms with E-state index in [0.29, 0.717) is 18.8 Å². The number of benzene rings is 1. The first kappa shape index (κ1) is 16.0. The van der Waals surface area contributed by atoms with Crippen molar-refractivity contribution >= 4 is 28.8 Å². The topological polar surface area (TPSA) is 40.9 Å². The van der Waals surface area contributed by atoms with Crippen LogP contribution in [0.3, 0.4) is 0 Å².